The van der Waals surface area contributed by atoms with Gasteiger partial charge >= 0.3 is 0 Å². The Bertz CT molecular complexity index is 1130. The van der Waals surface area contributed by atoms with Crippen molar-refractivity contribution in [3.8, 4) is 0 Å². The number of likely N-dealkylation sites (tertiary alicyclic amines) is 2. The standard InChI is InChI=1S/C30H36ClN3O2/c1-23(35)33-18-11-25(12-19-33)29(36)34(27-8-4-7-26(31)22-27)17-5-16-32-20-14-30(15-21-32)13-10-24-6-2-3-9-28(24)30/h2-4,6-10,13,22,25H,5,11-12,14-21H2,1H3. The Balaban J connectivity index is 1.19. The van der Waals surface area contributed by atoms with E-state index in [9.17, 15) is 9.59 Å². The maximum absolute atomic E-state index is 13.6. The molecule has 2 fully saturated rings. The molecule has 6 heteroatoms. The number of halogens is 1. The summed E-state index contributed by atoms with van der Waals surface area (Å²) in [4.78, 5) is 31.6. The third-order valence-corrected chi connectivity index (χ3v) is 8.59. The van der Waals surface area contributed by atoms with E-state index >= 15 is 0 Å². The highest BCUT2D eigenvalue weighted by atomic mass is 35.5. The summed E-state index contributed by atoms with van der Waals surface area (Å²) in [5, 5.41) is 0.642. The van der Waals surface area contributed by atoms with Crippen LogP contribution in [0.25, 0.3) is 6.08 Å². The maximum atomic E-state index is 13.6. The van der Waals surface area contributed by atoms with Crippen molar-refractivity contribution in [3.63, 3.8) is 0 Å². The van der Waals surface area contributed by atoms with Crippen molar-refractivity contribution >= 4 is 35.2 Å². The van der Waals surface area contributed by atoms with Gasteiger partial charge in [-0.3, -0.25) is 9.59 Å². The molecule has 36 heavy (non-hydrogen) atoms. The summed E-state index contributed by atoms with van der Waals surface area (Å²) in [5.74, 6) is 0.196. The summed E-state index contributed by atoms with van der Waals surface area (Å²) < 4.78 is 0. The first-order valence-electron chi connectivity index (χ1n) is 13.3. The van der Waals surface area contributed by atoms with Gasteiger partial charge in [-0.25, -0.2) is 0 Å². The molecule has 0 radical (unpaired) electrons. The zero-order valence-corrected chi connectivity index (χ0v) is 21.9. The molecule has 1 aliphatic carbocycles. The summed E-state index contributed by atoms with van der Waals surface area (Å²) in [6.45, 7) is 6.72. The molecule has 5 nitrogen and oxygen atoms in total. The van der Waals surface area contributed by atoms with Crippen LogP contribution >= 0.6 is 11.6 Å². The van der Waals surface area contributed by atoms with Crippen LogP contribution in [0.2, 0.25) is 5.02 Å². The van der Waals surface area contributed by atoms with Gasteiger partial charge in [-0.1, -0.05) is 54.1 Å². The van der Waals surface area contributed by atoms with Gasteiger partial charge in [0, 0.05) is 48.6 Å². The number of allylic oxidation sites excluding steroid dienone is 1. The number of piperidine rings is 2. The lowest BCUT2D eigenvalue weighted by Crippen LogP contribution is -2.45. The van der Waals surface area contributed by atoms with E-state index < -0.39 is 0 Å². The van der Waals surface area contributed by atoms with Crippen molar-refractivity contribution in [2.24, 2.45) is 5.92 Å². The van der Waals surface area contributed by atoms with E-state index in [0.29, 0.717) is 24.7 Å². The largest absolute Gasteiger partial charge is 0.343 e. The van der Waals surface area contributed by atoms with Gasteiger partial charge in [0.25, 0.3) is 0 Å². The fraction of sp³-hybridized carbons (Fsp3) is 0.467. The molecule has 5 rings (SSSR count). The number of carbonyl (C=O) groups excluding carboxylic acids is 2. The van der Waals surface area contributed by atoms with E-state index in [1.165, 1.54) is 11.1 Å². The van der Waals surface area contributed by atoms with E-state index in [2.05, 4.69) is 41.3 Å². The SMILES string of the molecule is CC(=O)N1CCC(C(=O)N(CCCN2CCC3(C=Cc4ccccc43)CC2)c2cccc(Cl)c2)CC1. The van der Waals surface area contributed by atoms with Crippen molar-refractivity contribution in [2.75, 3.05) is 44.2 Å². The normalized spacial score (nSPS) is 19.4. The quantitative estimate of drug-likeness (QED) is 0.529. The Kier molecular flexibility index (Phi) is 7.49. The van der Waals surface area contributed by atoms with Crippen LogP contribution in [0.5, 0.6) is 0 Å². The third kappa shape index (κ3) is 5.23. The first kappa shape index (κ1) is 25.0. The van der Waals surface area contributed by atoms with Crippen molar-refractivity contribution < 1.29 is 9.59 Å². The minimum Gasteiger partial charge on any atom is -0.343 e. The second kappa shape index (κ2) is 10.8. The monoisotopic (exact) mass is 505 g/mol. The Morgan fingerprint density at radius 1 is 1.03 bits per heavy atom. The predicted octanol–water partition coefficient (Wildman–Crippen LogP) is 5.38. The minimum atomic E-state index is -0.0522. The second-order valence-corrected chi connectivity index (χ2v) is 11.0. The Morgan fingerprint density at radius 2 is 1.78 bits per heavy atom. The smallest absolute Gasteiger partial charge is 0.230 e. The van der Waals surface area contributed by atoms with Crippen LogP contribution in [-0.2, 0) is 15.0 Å². The molecule has 2 saturated heterocycles. The van der Waals surface area contributed by atoms with Crippen LogP contribution in [-0.4, -0.2) is 60.9 Å². The molecule has 190 valence electrons. The molecule has 0 saturated carbocycles. The Hall–Kier alpha value is -2.63. The first-order chi connectivity index (χ1) is 17.4. The number of hydrogen-bond donors (Lipinski definition) is 0. The lowest BCUT2D eigenvalue weighted by molar-refractivity contribution is -0.133. The number of benzene rings is 2. The zero-order chi connectivity index (χ0) is 25.1. The van der Waals surface area contributed by atoms with E-state index in [0.717, 1.165) is 57.4 Å². The fourth-order valence-corrected chi connectivity index (χ4v) is 6.36. The Labute approximate surface area is 219 Å². The zero-order valence-electron chi connectivity index (χ0n) is 21.2. The number of hydrogen-bond acceptors (Lipinski definition) is 3. The highest BCUT2D eigenvalue weighted by Crippen LogP contribution is 2.43. The van der Waals surface area contributed by atoms with Gasteiger partial charge in [0.05, 0.1) is 0 Å². The first-order valence-corrected chi connectivity index (χ1v) is 13.7. The number of fused-ring (bicyclic) bond motifs is 2. The molecule has 2 aromatic carbocycles. The Morgan fingerprint density at radius 3 is 2.50 bits per heavy atom. The highest BCUT2D eigenvalue weighted by Gasteiger charge is 2.37. The van der Waals surface area contributed by atoms with Crippen LogP contribution in [0.4, 0.5) is 5.69 Å². The van der Waals surface area contributed by atoms with Gasteiger partial charge < -0.3 is 14.7 Å². The lowest BCUT2D eigenvalue weighted by atomic mass is 9.74. The average Bonchev–Trinajstić information content (AvgIpc) is 3.25. The molecule has 2 amide bonds. The molecule has 2 aliphatic heterocycles. The topological polar surface area (TPSA) is 43.9 Å². The number of anilines is 1. The number of nitrogens with zero attached hydrogens (tertiary/aromatic N) is 3. The van der Waals surface area contributed by atoms with Gasteiger partial charge in [0.15, 0.2) is 0 Å². The molecule has 2 aromatic rings. The molecular formula is C30H36ClN3O2. The minimum absolute atomic E-state index is 0.0522. The summed E-state index contributed by atoms with van der Waals surface area (Å²) in [6.07, 6.45) is 9.37. The van der Waals surface area contributed by atoms with E-state index in [-0.39, 0.29) is 23.1 Å². The predicted molar refractivity (Wildman–Crippen MR) is 146 cm³/mol. The molecule has 0 aromatic heterocycles. The summed E-state index contributed by atoms with van der Waals surface area (Å²) >= 11 is 6.29. The third-order valence-electron chi connectivity index (χ3n) is 8.36. The summed E-state index contributed by atoms with van der Waals surface area (Å²) in [7, 11) is 0. The lowest BCUT2D eigenvalue weighted by Gasteiger charge is -2.39. The molecule has 0 N–H and O–H groups in total. The summed E-state index contributed by atoms with van der Waals surface area (Å²) in [5.41, 5.74) is 3.92. The van der Waals surface area contributed by atoms with E-state index in [1.807, 2.05) is 34.1 Å². The highest BCUT2D eigenvalue weighted by molar-refractivity contribution is 6.30. The van der Waals surface area contributed by atoms with Gasteiger partial charge in [-0.2, -0.15) is 0 Å². The number of rotatable bonds is 6. The van der Waals surface area contributed by atoms with Crippen LogP contribution in [0, 0.1) is 5.92 Å². The van der Waals surface area contributed by atoms with Gasteiger partial charge in [0.2, 0.25) is 11.8 Å². The van der Waals surface area contributed by atoms with Crippen LogP contribution < -0.4 is 4.90 Å². The van der Waals surface area contributed by atoms with Crippen molar-refractivity contribution in [2.45, 2.75) is 44.4 Å². The second-order valence-electron chi connectivity index (χ2n) is 10.5. The number of amides is 2. The molecule has 3 aliphatic rings. The van der Waals surface area contributed by atoms with Gasteiger partial charge in [0.1, 0.15) is 0 Å². The molecular weight excluding hydrogens is 470 g/mol. The molecule has 1 spiro atoms. The number of carbonyl (C=O) groups is 2. The maximum Gasteiger partial charge on any atom is 0.230 e. The van der Waals surface area contributed by atoms with Crippen LogP contribution in [0.15, 0.2) is 54.6 Å². The van der Waals surface area contributed by atoms with E-state index in [1.54, 1.807) is 6.92 Å². The molecule has 0 bridgehead atoms. The van der Waals surface area contributed by atoms with Crippen LogP contribution in [0.3, 0.4) is 0 Å². The average molecular weight is 506 g/mol. The van der Waals surface area contributed by atoms with Crippen molar-refractivity contribution in [3.05, 3.63) is 70.8 Å². The van der Waals surface area contributed by atoms with Gasteiger partial charge in [-0.15, -0.1) is 0 Å². The molecule has 0 atom stereocenters. The van der Waals surface area contributed by atoms with Crippen LogP contribution in [0.1, 0.15) is 50.2 Å². The van der Waals surface area contributed by atoms with Crippen molar-refractivity contribution in [1.29, 1.82) is 0 Å². The molecule has 2 heterocycles. The molecule has 0 unspecified atom stereocenters. The van der Waals surface area contributed by atoms with E-state index in [4.69, 9.17) is 11.6 Å². The summed E-state index contributed by atoms with van der Waals surface area (Å²) in [6, 6.07) is 16.4. The van der Waals surface area contributed by atoms with Gasteiger partial charge in [-0.05, 0) is 81.1 Å². The van der Waals surface area contributed by atoms with Crippen molar-refractivity contribution in [1.82, 2.24) is 9.80 Å². The fourth-order valence-electron chi connectivity index (χ4n) is 6.17.